The van der Waals surface area contributed by atoms with E-state index in [4.69, 9.17) is 9.47 Å². The first-order chi connectivity index (χ1) is 9.99. The van der Waals surface area contributed by atoms with Gasteiger partial charge in [0.25, 0.3) is 0 Å². The van der Waals surface area contributed by atoms with Crippen LogP contribution in [0.25, 0.3) is 0 Å². The number of nitrogens with one attached hydrogen (secondary N) is 1. The normalized spacial score (nSPS) is 28.5. The van der Waals surface area contributed by atoms with Crippen molar-refractivity contribution in [3.63, 3.8) is 0 Å². The Balaban J connectivity index is 1.82. The first-order valence-corrected chi connectivity index (χ1v) is 7.11. The van der Waals surface area contributed by atoms with Gasteiger partial charge in [-0.15, -0.1) is 0 Å². The molecule has 0 unspecified atom stereocenters. The Kier molecular flexibility index (Phi) is 3.73. The fourth-order valence-corrected chi connectivity index (χ4v) is 3.31. The number of alkyl halides is 3. The molecule has 0 spiro atoms. The van der Waals surface area contributed by atoms with E-state index in [-0.39, 0.29) is 11.9 Å². The summed E-state index contributed by atoms with van der Waals surface area (Å²) in [5.74, 6) is 1.39. The van der Waals surface area contributed by atoms with Gasteiger partial charge in [-0.3, -0.25) is 0 Å². The van der Waals surface area contributed by atoms with Crippen molar-refractivity contribution in [2.24, 2.45) is 11.8 Å². The minimum absolute atomic E-state index is 0.0666. The summed E-state index contributed by atoms with van der Waals surface area (Å²) >= 11 is 0. The van der Waals surface area contributed by atoms with Crippen LogP contribution in [0.1, 0.15) is 18.4 Å². The van der Waals surface area contributed by atoms with Crippen molar-refractivity contribution >= 4 is 0 Å². The molecule has 1 saturated carbocycles. The number of halogens is 3. The average molecular weight is 301 g/mol. The van der Waals surface area contributed by atoms with Gasteiger partial charge in [0, 0.05) is 24.9 Å². The van der Waals surface area contributed by atoms with Gasteiger partial charge in [-0.1, -0.05) is 0 Å². The fraction of sp³-hybridized carbons (Fsp3) is 0.600. The van der Waals surface area contributed by atoms with Crippen molar-refractivity contribution < 1.29 is 22.6 Å². The highest BCUT2D eigenvalue weighted by Crippen LogP contribution is 2.41. The average Bonchev–Trinajstić information content (AvgIpc) is 2.68. The highest BCUT2D eigenvalue weighted by Gasteiger charge is 2.41. The molecule has 1 aromatic rings. The highest BCUT2D eigenvalue weighted by atomic mass is 19.4. The zero-order valence-electron chi connectivity index (χ0n) is 11.7. The van der Waals surface area contributed by atoms with Gasteiger partial charge >= 0.3 is 6.18 Å². The molecule has 2 fully saturated rings. The molecule has 21 heavy (non-hydrogen) atoms. The second-order valence-corrected chi connectivity index (χ2v) is 5.70. The van der Waals surface area contributed by atoms with E-state index in [0.717, 1.165) is 38.1 Å². The van der Waals surface area contributed by atoms with Crippen molar-refractivity contribution in [2.75, 3.05) is 20.2 Å². The summed E-state index contributed by atoms with van der Waals surface area (Å²) in [5.41, 5.74) is -0.722. The van der Waals surface area contributed by atoms with E-state index in [1.54, 1.807) is 0 Å². The van der Waals surface area contributed by atoms with Crippen LogP contribution in [0.5, 0.6) is 11.5 Å². The number of rotatable bonds is 3. The number of benzene rings is 1. The van der Waals surface area contributed by atoms with E-state index in [1.165, 1.54) is 13.2 Å². The summed E-state index contributed by atoms with van der Waals surface area (Å²) < 4.78 is 49.2. The topological polar surface area (TPSA) is 30.5 Å². The molecule has 6 heteroatoms. The SMILES string of the molecule is COc1cc(C(F)(F)F)ccc1O[C@@H]1[C@@H]2CC[C@H]1CNC2. The lowest BCUT2D eigenvalue weighted by Gasteiger charge is -2.31. The van der Waals surface area contributed by atoms with Crippen LogP contribution < -0.4 is 14.8 Å². The third kappa shape index (κ3) is 2.81. The Bertz CT molecular complexity index is 502. The quantitative estimate of drug-likeness (QED) is 0.930. The third-order valence-electron chi connectivity index (χ3n) is 4.40. The molecule has 1 aliphatic heterocycles. The van der Waals surface area contributed by atoms with Gasteiger partial charge in [0.05, 0.1) is 12.7 Å². The Labute approximate surface area is 121 Å². The van der Waals surface area contributed by atoms with E-state index in [2.05, 4.69) is 5.32 Å². The van der Waals surface area contributed by atoms with Gasteiger partial charge in [-0.2, -0.15) is 13.2 Å². The summed E-state index contributed by atoms with van der Waals surface area (Å²) in [5, 5.41) is 3.36. The van der Waals surface area contributed by atoms with Gasteiger partial charge in [0.1, 0.15) is 6.10 Å². The summed E-state index contributed by atoms with van der Waals surface area (Å²) in [6, 6.07) is 3.41. The van der Waals surface area contributed by atoms with Crippen LogP contribution in [-0.4, -0.2) is 26.3 Å². The smallest absolute Gasteiger partial charge is 0.416 e. The van der Waals surface area contributed by atoms with Gasteiger partial charge < -0.3 is 14.8 Å². The minimum atomic E-state index is -4.38. The summed E-state index contributed by atoms with van der Waals surface area (Å²) in [4.78, 5) is 0. The van der Waals surface area contributed by atoms with Crippen molar-refractivity contribution in [3.05, 3.63) is 23.8 Å². The number of ether oxygens (including phenoxy) is 2. The second kappa shape index (κ2) is 5.40. The zero-order valence-corrected chi connectivity index (χ0v) is 11.7. The Hall–Kier alpha value is -1.43. The van der Waals surface area contributed by atoms with E-state index in [9.17, 15) is 13.2 Å². The van der Waals surface area contributed by atoms with Crippen LogP contribution in [-0.2, 0) is 6.18 Å². The van der Waals surface area contributed by atoms with Gasteiger partial charge in [0.2, 0.25) is 0 Å². The lowest BCUT2D eigenvalue weighted by Crippen LogP contribution is -2.44. The molecular formula is C15H18F3NO2. The van der Waals surface area contributed by atoms with Gasteiger partial charge in [0.15, 0.2) is 11.5 Å². The van der Waals surface area contributed by atoms with Crippen molar-refractivity contribution in [1.82, 2.24) is 5.32 Å². The fourth-order valence-electron chi connectivity index (χ4n) is 3.31. The molecule has 3 rings (SSSR count). The van der Waals surface area contributed by atoms with E-state index in [0.29, 0.717) is 17.6 Å². The Morgan fingerprint density at radius 2 is 1.76 bits per heavy atom. The lowest BCUT2D eigenvalue weighted by atomic mass is 9.96. The lowest BCUT2D eigenvalue weighted by molar-refractivity contribution is -0.137. The summed E-state index contributed by atoms with van der Waals surface area (Å²) in [6.07, 6.45) is -2.10. The van der Waals surface area contributed by atoms with Crippen LogP contribution in [0.3, 0.4) is 0 Å². The molecule has 0 radical (unpaired) electrons. The van der Waals surface area contributed by atoms with Crippen LogP contribution in [0.2, 0.25) is 0 Å². The number of hydrogen-bond acceptors (Lipinski definition) is 3. The maximum absolute atomic E-state index is 12.7. The van der Waals surface area contributed by atoms with Crippen LogP contribution in [0.15, 0.2) is 18.2 Å². The minimum Gasteiger partial charge on any atom is -0.493 e. The predicted molar refractivity (Wildman–Crippen MR) is 71.5 cm³/mol. The van der Waals surface area contributed by atoms with Crippen LogP contribution >= 0.6 is 0 Å². The predicted octanol–water partition coefficient (Wildman–Crippen LogP) is 3.09. The molecule has 1 saturated heterocycles. The molecule has 1 N–H and O–H groups in total. The van der Waals surface area contributed by atoms with Crippen LogP contribution in [0, 0.1) is 11.8 Å². The van der Waals surface area contributed by atoms with Gasteiger partial charge in [-0.05, 0) is 31.0 Å². The maximum atomic E-state index is 12.7. The Morgan fingerprint density at radius 3 is 2.33 bits per heavy atom. The second-order valence-electron chi connectivity index (χ2n) is 5.70. The molecule has 2 bridgehead atoms. The van der Waals surface area contributed by atoms with E-state index in [1.807, 2.05) is 0 Å². The molecule has 0 amide bonds. The molecule has 2 aliphatic rings. The molecule has 0 aromatic heterocycles. The zero-order chi connectivity index (χ0) is 15.0. The van der Waals surface area contributed by atoms with Crippen molar-refractivity contribution in [1.29, 1.82) is 0 Å². The molecular weight excluding hydrogens is 283 g/mol. The summed E-state index contributed by atoms with van der Waals surface area (Å²) in [7, 11) is 1.36. The summed E-state index contributed by atoms with van der Waals surface area (Å²) in [6.45, 7) is 1.81. The number of hydrogen-bond donors (Lipinski definition) is 1. The first-order valence-electron chi connectivity index (χ1n) is 7.11. The van der Waals surface area contributed by atoms with E-state index >= 15 is 0 Å². The maximum Gasteiger partial charge on any atom is 0.416 e. The third-order valence-corrected chi connectivity index (χ3v) is 4.40. The molecule has 116 valence electrons. The molecule has 1 heterocycles. The largest absolute Gasteiger partial charge is 0.493 e. The van der Waals surface area contributed by atoms with E-state index < -0.39 is 11.7 Å². The Morgan fingerprint density at radius 1 is 1.10 bits per heavy atom. The standard InChI is InChI=1S/C15H18F3NO2/c1-20-13-6-11(15(16,17)18)4-5-12(13)21-14-9-2-3-10(14)8-19-7-9/h4-6,9-10,14,19H,2-3,7-8H2,1H3/t9-,10+,14-. The van der Waals surface area contributed by atoms with Crippen LogP contribution in [0.4, 0.5) is 13.2 Å². The highest BCUT2D eigenvalue weighted by molar-refractivity contribution is 5.44. The number of piperidine rings is 1. The number of fused-ring (bicyclic) bond motifs is 2. The molecule has 1 aromatic carbocycles. The molecule has 3 atom stereocenters. The monoisotopic (exact) mass is 301 g/mol. The number of methoxy groups -OCH3 is 1. The molecule has 3 nitrogen and oxygen atoms in total. The molecule has 1 aliphatic carbocycles. The van der Waals surface area contributed by atoms with Crippen molar-refractivity contribution in [3.8, 4) is 11.5 Å². The van der Waals surface area contributed by atoms with Gasteiger partial charge in [-0.25, -0.2) is 0 Å². The van der Waals surface area contributed by atoms with Crippen molar-refractivity contribution in [2.45, 2.75) is 25.1 Å². The first kappa shape index (κ1) is 14.5.